The van der Waals surface area contributed by atoms with Crippen LogP contribution in [0.2, 0.25) is 5.02 Å². The lowest BCUT2D eigenvalue weighted by atomic mass is 10.2. The summed E-state index contributed by atoms with van der Waals surface area (Å²) in [7, 11) is 0. The molecule has 0 aliphatic heterocycles. The van der Waals surface area contributed by atoms with Gasteiger partial charge in [-0.15, -0.1) is 0 Å². The van der Waals surface area contributed by atoms with Crippen molar-refractivity contribution < 1.29 is 17.9 Å². The average Bonchev–Trinajstić information content (AvgIpc) is 2.19. The number of hydrogen-bond donors (Lipinski definition) is 1. The molecule has 1 aromatic carbocycles. The summed E-state index contributed by atoms with van der Waals surface area (Å²) >= 11 is 5.66. The van der Waals surface area contributed by atoms with Crippen LogP contribution in [-0.2, 0) is 6.18 Å². The van der Waals surface area contributed by atoms with Crippen LogP contribution in [0.3, 0.4) is 0 Å². The minimum Gasteiger partial charge on any atom is -0.492 e. The van der Waals surface area contributed by atoms with E-state index in [1.807, 2.05) is 0 Å². The predicted octanol–water partition coefficient (Wildman–Crippen LogP) is 3.09. The van der Waals surface area contributed by atoms with E-state index in [1.54, 1.807) is 0 Å². The molecule has 0 atom stereocenters. The lowest BCUT2D eigenvalue weighted by Gasteiger charge is -2.10. The summed E-state index contributed by atoms with van der Waals surface area (Å²) in [6.45, 7) is 0.792. The summed E-state index contributed by atoms with van der Waals surface area (Å²) in [5.41, 5.74) is 4.46. The smallest absolute Gasteiger partial charge is 0.416 e. The third kappa shape index (κ3) is 3.57. The summed E-state index contributed by atoms with van der Waals surface area (Å²) in [5.74, 6) is 0.239. The van der Waals surface area contributed by atoms with Gasteiger partial charge in [-0.05, 0) is 31.2 Å². The molecule has 0 bridgehead atoms. The number of halogens is 4. The molecular weight excluding hydrogens is 243 g/mol. The van der Waals surface area contributed by atoms with Gasteiger partial charge >= 0.3 is 6.18 Å². The average molecular weight is 254 g/mol. The summed E-state index contributed by atoms with van der Waals surface area (Å²) in [6.07, 6.45) is -3.77. The molecule has 2 N–H and O–H groups in total. The van der Waals surface area contributed by atoms with E-state index in [0.717, 1.165) is 12.1 Å². The largest absolute Gasteiger partial charge is 0.492 e. The highest BCUT2D eigenvalue weighted by molar-refractivity contribution is 6.32. The van der Waals surface area contributed by atoms with Gasteiger partial charge in [0.05, 0.1) is 17.2 Å². The fourth-order valence-electron chi connectivity index (χ4n) is 1.06. The Morgan fingerprint density at radius 3 is 2.50 bits per heavy atom. The topological polar surface area (TPSA) is 35.2 Å². The number of nitrogens with two attached hydrogens (primary N) is 1. The zero-order chi connectivity index (χ0) is 12.2. The van der Waals surface area contributed by atoms with Crippen LogP contribution in [0.5, 0.6) is 5.75 Å². The fourth-order valence-corrected chi connectivity index (χ4v) is 1.29. The highest BCUT2D eigenvalue weighted by atomic mass is 35.5. The van der Waals surface area contributed by atoms with Crippen molar-refractivity contribution in [3.63, 3.8) is 0 Å². The Balaban J connectivity index is 2.76. The first-order valence-electron chi connectivity index (χ1n) is 4.65. The Kier molecular flexibility index (Phi) is 4.44. The molecule has 0 aliphatic carbocycles. The highest BCUT2D eigenvalue weighted by Gasteiger charge is 2.30. The molecule has 0 saturated carbocycles. The first-order valence-corrected chi connectivity index (χ1v) is 5.02. The van der Waals surface area contributed by atoms with Crippen LogP contribution < -0.4 is 10.5 Å². The number of rotatable bonds is 4. The van der Waals surface area contributed by atoms with Crippen molar-refractivity contribution in [3.8, 4) is 5.75 Å². The number of benzene rings is 1. The van der Waals surface area contributed by atoms with Crippen LogP contribution in [-0.4, -0.2) is 13.2 Å². The molecule has 0 radical (unpaired) electrons. The highest BCUT2D eigenvalue weighted by Crippen LogP contribution is 2.34. The maximum Gasteiger partial charge on any atom is 0.416 e. The van der Waals surface area contributed by atoms with Gasteiger partial charge in [-0.1, -0.05) is 11.6 Å². The van der Waals surface area contributed by atoms with Crippen molar-refractivity contribution in [2.24, 2.45) is 5.73 Å². The summed E-state index contributed by atoms with van der Waals surface area (Å²) in [4.78, 5) is 0. The Bertz CT molecular complexity index is 354. The van der Waals surface area contributed by atoms with Crippen molar-refractivity contribution in [3.05, 3.63) is 28.8 Å². The lowest BCUT2D eigenvalue weighted by Crippen LogP contribution is -2.07. The molecule has 0 aromatic heterocycles. The van der Waals surface area contributed by atoms with E-state index in [1.165, 1.54) is 6.07 Å². The van der Waals surface area contributed by atoms with Gasteiger partial charge in [-0.3, -0.25) is 0 Å². The molecule has 0 aliphatic rings. The monoisotopic (exact) mass is 253 g/mol. The molecule has 6 heteroatoms. The minimum atomic E-state index is -4.39. The maximum atomic E-state index is 12.3. The first-order chi connectivity index (χ1) is 7.45. The second-order valence-electron chi connectivity index (χ2n) is 3.13. The molecule has 1 aromatic rings. The van der Waals surface area contributed by atoms with E-state index in [-0.39, 0.29) is 10.8 Å². The van der Waals surface area contributed by atoms with Crippen LogP contribution in [0.15, 0.2) is 18.2 Å². The van der Waals surface area contributed by atoms with Gasteiger partial charge in [0.1, 0.15) is 5.75 Å². The molecule has 0 fully saturated rings. The number of hydrogen-bond acceptors (Lipinski definition) is 2. The molecule has 0 unspecified atom stereocenters. The van der Waals surface area contributed by atoms with Crippen molar-refractivity contribution in [2.75, 3.05) is 13.2 Å². The second-order valence-corrected chi connectivity index (χ2v) is 3.54. The quantitative estimate of drug-likeness (QED) is 0.837. The van der Waals surface area contributed by atoms with Gasteiger partial charge < -0.3 is 10.5 Å². The molecule has 0 amide bonds. The molecule has 90 valence electrons. The zero-order valence-corrected chi connectivity index (χ0v) is 9.11. The molecule has 2 nitrogen and oxygen atoms in total. The Hall–Kier alpha value is -0.940. The molecule has 1 rings (SSSR count). The normalized spacial score (nSPS) is 11.6. The van der Waals surface area contributed by atoms with Crippen LogP contribution >= 0.6 is 11.6 Å². The van der Waals surface area contributed by atoms with Crippen LogP contribution in [0.25, 0.3) is 0 Å². The predicted molar refractivity (Wildman–Crippen MR) is 55.6 cm³/mol. The zero-order valence-electron chi connectivity index (χ0n) is 8.35. The molecule has 16 heavy (non-hydrogen) atoms. The third-order valence-electron chi connectivity index (χ3n) is 1.87. The van der Waals surface area contributed by atoms with Gasteiger partial charge in [0.2, 0.25) is 0 Å². The van der Waals surface area contributed by atoms with Crippen molar-refractivity contribution >= 4 is 11.6 Å². The maximum absolute atomic E-state index is 12.3. The van der Waals surface area contributed by atoms with E-state index in [9.17, 15) is 13.2 Å². The van der Waals surface area contributed by atoms with Crippen LogP contribution in [0.1, 0.15) is 12.0 Å². The minimum absolute atomic E-state index is 0.0492. The SMILES string of the molecule is NCCCOc1ccc(C(F)(F)F)cc1Cl. The Morgan fingerprint density at radius 2 is 2.00 bits per heavy atom. The van der Waals surface area contributed by atoms with Crippen LogP contribution in [0, 0.1) is 0 Å². The Labute approximate surface area is 96.1 Å². The second kappa shape index (κ2) is 5.41. The van der Waals surface area contributed by atoms with E-state index in [4.69, 9.17) is 22.1 Å². The van der Waals surface area contributed by atoms with Crippen molar-refractivity contribution in [1.29, 1.82) is 0 Å². The first kappa shape index (κ1) is 13.1. The van der Waals surface area contributed by atoms with Gasteiger partial charge in [-0.25, -0.2) is 0 Å². The van der Waals surface area contributed by atoms with Gasteiger partial charge in [-0.2, -0.15) is 13.2 Å². The standard InChI is InChI=1S/C10H11ClF3NO/c11-8-6-7(10(12,13)14)2-3-9(8)16-5-1-4-15/h2-3,6H,1,4-5,15H2. The van der Waals surface area contributed by atoms with Gasteiger partial charge in [0.15, 0.2) is 0 Å². The van der Waals surface area contributed by atoms with E-state index in [0.29, 0.717) is 19.6 Å². The van der Waals surface area contributed by atoms with Crippen molar-refractivity contribution in [2.45, 2.75) is 12.6 Å². The van der Waals surface area contributed by atoms with E-state index in [2.05, 4.69) is 0 Å². The van der Waals surface area contributed by atoms with E-state index >= 15 is 0 Å². The molecule has 0 saturated heterocycles. The van der Waals surface area contributed by atoms with E-state index < -0.39 is 11.7 Å². The molecular formula is C10H11ClF3NO. The molecule has 0 heterocycles. The fraction of sp³-hybridized carbons (Fsp3) is 0.400. The summed E-state index contributed by atoms with van der Waals surface area (Å²) < 4.78 is 42.0. The summed E-state index contributed by atoms with van der Waals surface area (Å²) in [6, 6.07) is 2.99. The number of ether oxygens (including phenoxy) is 1. The number of alkyl halides is 3. The van der Waals surface area contributed by atoms with Crippen LogP contribution in [0.4, 0.5) is 13.2 Å². The lowest BCUT2D eigenvalue weighted by molar-refractivity contribution is -0.137. The molecule has 0 spiro atoms. The van der Waals surface area contributed by atoms with Gasteiger partial charge in [0.25, 0.3) is 0 Å². The third-order valence-corrected chi connectivity index (χ3v) is 2.16. The summed E-state index contributed by atoms with van der Waals surface area (Å²) in [5, 5.41) is -0.0492. The van der Waals surface area contributed by atoms with Gasteiger partial charge in [0, 0.05) is 0 Å². The Morgan fingerprint density at radius 1 is 1.31 bits per heavy atom. The van der Waals surface area contributed by atoms with Crippen molar-refractivity contribution in [1.82, 2.24) is 0 Å².